The van der Waals surface area contributed by atoms with Crippen molar-refractivity contribution in [2.24, 2.45) is 0 Å². The second-order valence-corrected chi connectivity index (χ2v) is 5.11. The number of para-hydroxylation sites is 1. The first-order valence-corrected chi connectivity index (χ1v) is 8.03. The molecule has 0 aromatic heterocycles. The number of hydrogen-bond donors (Lipinski definition) is 0. The highest BCUT2D eigenvalue weighted by atomic mass is 35.5. The molecule has 7 nitrogen and oxygen atoms in total. The van der Waals surface area contributed by atoms with Crippen LogP contribution in [0.1, 0.15) is 5.56 Å². The van der Waals surface area contributed by atoms with Gasteiger partial charge in [-0.15, -0.1) is 0 Å². The second-order valence-electron chi connectivity index (χ2n) is 4.65. The molecule has 1 aromatic carbocycles. The molecule has 0 fully saturated rings. The molecule has 0 aliphatic heterocycles. The van der Waals surface area contributed by atoms with Crippen molar-refractivity contribution in [3.8, 4) is 5.75 Å². The zero-order valence-electron chi connectivity index (χ0n) is 14.6. The van der Waals surface area contributed by atoms with Gasteiger partial charge in [-0.2, -0.15) is 0 Å². The number of methoxy groups -OCH3 is 2. The van der Waals surface area contributed by atoms with Crippen LogP contribution in [0.15, 0.2) is 30.8 Å². The lowest BCUT2D eigenvalue weighted by Gasteiger charge is -2.27. The number of rotatable bonds is 15. The van der Waals surface area contributed by atoms with Crippen LogP contribution in [0, 0.1) is 0 Å². The van der Waals surface area contributed by atoms with E-state index in [0.29, 0.717) is 32.2 Å². The van der Waals surface area contributed by atoms with Gasteiger partial charge in [0.05, 0.1) is 26.4 Å². The maximum Gasteiger partial charge on any atom is 0.420 e. The predicted molar refractivity (Wildman–Crippen MR) is 93.3 cm³/mol. The smallest absolute Gasteiger partial charge is 0.420 e. The lowest BCUT2D eigenvalue weighted by Crippen LogP contribution is -2.38. The molecular weight excluding hydrogens is 352 g/mol. The van der Waals surface area contributed by atoms with Gasteiger partial charge in [0.1, 0.15) is 5.75 Å². The zero-order valence-corrected chi connectivity index (χ0v) is 15.3. The van der Waals surface area contributed by atoms with E-state index in [2.05, 4.69) is 6.58 Å². The molecule has 0 aliphatic carbocycles. The zero-order chi connectivity index (χ0) is 18.4. The Morgan fingerprint density at radius 1 is 0.960 bits per heavy atom. The van der Waals surface area contributed by atoms with Gasteiger partial charge in [0.25, 0.3) is 0 Å². The number of alkyl halides is 1. The molecule has 0 aliphatic rings. The van der Waals surface area contributed by atoms with E-state index in [1.54, 1.807) is 32.4 Å². The first-order chi connectivity index (χ1) is 12.1. The van der Waals surface area contributed by atoms with Crippen LogP contribution in [-0.2, 0) is 28.4 Å². The Morgan fingerprint density at radius 2 is 1.52 bits per heavy atom. The topological polar surface area (TPSA) is 64.6 Å². The van der Waals surface area contributed by atoms with Crippen LogP contribution in [-0.4, -0.2) is 59.7 Å². The van der Waals surface area contributed by atoms with E-state index < -0.39 is 5.43 Å². The van der Waals surface area contributed by atoms with Crippen molar-refractivity contribution in [3.63, 3.8) is 0 Å². The molecule has 0 spiro atoms. The van der Waals surface area contributed by atoms with Crippen LogP contribution >= 0.6 is 11.6 Å². The summed E-state index contributed by atoms with van der Waals surface area (Å²) in [6.45, 7) is 4.98. The summed E-state index contributed by atoms with van der Waals surface area (Å²) in [6, 6.07) is 7.19. The monoisotopic (exact) mass is 376 g/mol. The van der Waals surface area contributed by atoms with Gasteiger partial charge in [0.2, 0.25) is 0 Å². The average Bonchev–Trinajstić information content (AvgIpc) is 2.62. The summed E-state index contributed by atoms with van der Waals surface area (Å²) in [5, 5.41) is 0. The molecule has 0 amide bonds. The molecule has 25 heavy (non-hydrogen) atoms. The van der Waals surface area contributed by atoms with E-state index in [0.717, 1.165) is 5.56 Å². The molecular formula is C17H25ClO7. The number of ether oxygens (including phenoxy) is 7. The molecule has 1 rings (SSSR count). The Kier molecular flexibility index (Phi) is 11.4. The van der Waals surface area contributed by atoms with Crippen molar-refractivity contribution >= 4 is 17.7 Å². The molecule has 0 atom stereocenters. The van der Waals surface area contributed by atoms with Gasteiger partial charge in [-0.1, -0.05) is 30.9 Å². The van der Waals surface area contributed by atoms with Crippen LogP contribution in [0.3, 0.4) is 0 Å². The van der Waals surface area contributed by atoms with E-state index >= 15 is 0 Å². The molecule has 0 radical (unpaired) electrons. The third-order valence-corrected chi connectivity index (χ3v) is 3.16. The number of hydrogen-bond acceptors (Lipinski definition) is 7. The molecule has 1 aromatic rings. The Labute approximate surface area is 153 Å². The highest BCUT2D eigenvalue weighted by Gasteiger charge is 2.34. The molecule has 142 valence electrons. The van der Waals surface area contributed by atoms with Gasteiger partial charge >= 0.3 is 5.43 Å². The van der Waals surface area contributed by atoms with Crippen LogP contribution in [0.25, 0.3) is 6.08 Å². The minimum atomic E-state index is -1.92. The van der Waals surface area contributed by atoms with Crippen LogP contribution in [0.5, 0.6) is 5.75 Å². The number of halogens is 1. The fourth-order valence-corrected chi connectivity index (χ4v) is 1.77. The maximum absolute atomic E-state index is 6.30. The van der Waals surface area contributed by atoms with Crippen molar-refractivity contribution in [2.45, 2.75) is 5.43 Å². The van der Waals surface area contributed by atoms with Gasteiger partial charge in [-0.3, -0.25) is 9.47 Å². The fourth-order valence-electron chi connectivity index (χ4n) is 1.60. The molecule has 0 saturated carbocycles. The Hall–Kier alpha value is -1.19. The summed E-state index contributed by atoms with van der Waals surface area (Å²) >= 11 is 6.30. The van der Waals surface area contributed by atoms with Gasteiger partial charge in [-0.25, -0.2) is 0 Å². The Balaban J connectivity index is 2.63. The van der Waals surface area contributed by atoms with Crippen molar-refractivity contribution in [1.29, 1.82) is 0 Å². The first-order valence-electron chi connectivity index (χ1n) is 7.66. The van der Waals surface area contributed by atoms with Gasteiger partial charge < -0.3 is 23.7 Å². The Bertz CT molecular complexity index is 470. The highest BCUT2D eigenvalue weighted by molar-refractivity contribution is 6.21. The summed E-state index contributed by atoms with van der Waals surface area (Å²) < 4.78 is 36.7. The summed E-state index contributed by atoms with van der Waals surface area (Å²) in [5.41, 5.74) is -1.18. The van der Waals surface area contributed by atoms with Crippen molar-refractivity contribution in [2.75, 3.05) is 54.2 Å². The second kappa shape index (κ2) is 13.1. The average molecular weight is 377 g/mol. The lowest BCUT2D eigenvalue weighted by atomic mass is 10.2. The minimum Gasteiger partial charge on any atom is -0.426 e. The largest absolute Gasteiger partial charge is 0.426 e. The van der Waals surface area contributed by atoms with Crippen LogP contribution in [0.2, 0.25) is 0 Å². The quantitative estimate of drug-likeness (QED) is 0.265. The van der Waals surface area contributed by atoms with Crippen LogP contribution < -0.4 is 4.74 Å². The van der Waals surface area contributed by atoms with Gasteiger partial charge in [-0.05, 0) is 17.7 Å². The SMILES string of the molecule is C=Cc1ccccc1OC(Cl)(OCOCCOC)OCOCCOC. The fraction of sp³-hybridized carbons (Fsp3) is 0.529. The Morgan fingerprint density at radius 3 is 2.04 bits per heavy atom. The number of benzene rings is 1. The molecule has 0 heterocycles. The van der Waals surface area contributed by atoms with E-state index in [-0.39, 0.29) is 13.6 Å². The van der Waals surface area contributed by atoms with Crippen molar-refractivity contribution < 1.29 is 33.2 Å². The molecule has 0 bridgehead atoms. The summed E-state index contributed by atoms with van der Waals surface area (Å²) in [4.78, 5) is 0. The summed E-state index contributed by atoms with van der Waals surface area (Å²) in [7, 11) is 3.15. The molecule has 0 N–H and O–H groups in total. The van der Waals surface area contributed by atoms with E-state index in [4.69, 9.17) is 44.8 Å². The van der Waals surface area contributed by atoms with Gasteiger partial charge in [0, 0.05) is 19.8 Å². The summed E-state index contributed by atoms with van der Waals surface area (Å²) in [5.74, 6) is 0.446. The third-order valence-electron chi connectivity index (χ3n) is 2.86. The maximum atomic E-state index is 6.30. The van der Waals surface area contributed by atoms with Gasteiger partial charge in [0.15, 0.2) is 13.6 Å². The van der Waals surface area contributed by atoms with Crippen LogP contribution in [0.4, 0.5) is 0 Å². The minimum absolute atomic E-state index is 0.152. The van der Waals surface area contributed by atoms with E-state index in [1.807, 2.05) is 12.1 Å². The van der Waals surface area contributed by atoms with E-state index in [9.17, 15) is 0 Å². The standard InChI is InChI=1S/C17H25ClO7/c1-4-15-7-5-6-8-16(15)25-17(18,23-13-21-11-9-19-2)24-14-22-12-10-20-3/h4-8H,1,9-14H2,2-3H3. The summed E-state index contributed by atoms with van der Waals surface area (Å²) in [6.07, 6.45) is 1.64. The molecule has 0 unspecified atom stereocenters. The van der Waals surface area contributed by atoms with E-state index in [1.165, 1.54) is 0 Å². The molecule has 8 heteroatoms. The highest BCUT2D eigenvalue weighted by Crippen LogP contribution is 2.28. The molecule has 0 saturated heterocycles. The lowest BCUT2D eigenvalue weighted by molar-refractivity contribution is -0.333. The normalized spacial score (nSPS) is 11.5. The first kappa shape index (κ1) is 21.9. The predicted octanol–water partition coefficient (Wildman–Crippen LogP) is 2.83. The third kappa shape index (κ3) is 9.18. The van der Waals surface area contributed by atoms with Crippen molar-refractivity contribution in [1.82, 2.24) is 0 Å². The van der Waals surface area contributed by atoms with Crippen molar-refractivity contribution in [3.05, 3.63) is 36.4 Å².